The third-order valence-electron chi connectivity index (χ3n) is 4.60. The minimum Gasteiger partial charge on any atom is -0.294 e. The average molecular weight is 406 g/mol. The molecule has 28 heavy (non-hydrogen) atoms. The summed E-state index contributed by atoms with van der Waals surface area (Å²) in [5, 5.41) is 5.04. The van der Waals surface area contributed by atoms with Gasteiger partial charge in [0, 0.05) is 0 Å². The molecule has 0 amide bonds. The topological polar surface area (TPSA) is 69.8 Å². The highest BCUT2D eigenvalue weighted by Crippen LogP contribution is 2.15. The van der Waals surface area contributed by atoms with Gasteiger partial charge in [0.05, 0.1) is 36.5 Å². The minimum absolute atomic E-state index is 0.0417. The normalized spacial score (nSPS) is 11.4. The maximum atomic E-state index is 12.6. The van der Waals surface area contributed by atoms with E-state index in [9.17, 15) is 9.59 Å². The van der Waals surface area contributed by atoms with E-state index in [0.29, 0.717) is 23.9 Å². The fourth-order valence-corrected chi connectivity index (χ4v) is 4.68. The zero-order chi connectivity index (χ0) is 19.1. The van der Waals surface area contributed by atoms with Crippen LogP contribution in [0.1, 0.15) is 11.1 Å². The smallest absolute Gasteiger partial charge is 0.262 e. The molecule has 0 saturated heterocycles. The van der Waals surface area contributed by atoms with Gasteiger partial charge in [-0.2, -0.15) is 0 Å². The van der Waals surface area contributed by atoms with Gasteiger partial charge in [-0.1, -0.05) is 24.3 Å². The molecule has 0 N–H and O–H groups in total. The van der Waals surface area contributed by atoms with E-state index in [1.54, 1.807) is 21.8 Å². The molecule has 8 heteroatoms. The van der Waals surface area contributed by atoms with E-state index in [1.807, 2.05) is 47.2 Å². The van der Waals surface area contributed by atoms with Crippen molar-refractivity contribution in [2.75, 3.05) is 0 Å². The van der Waals surface area contributed by atoms with Crippen LogP contribution < -0.4 is 11.1 Å². The lowest BCUT2D eigenvalue weighted by Crippen LogP contribution is -2.21. The van der Waals surface area contributed by atoms with Gasteiger partial charge in [0.1, 0.15) is 9.66 Å². The Kier molecular flexibility index (Phi) is 4.14. The molecule has 0 spiro atoms. The lowest BCUT2D eigenvalue weighted by Gasteiger charge is -2.09. The summed E-state index contributed by atoms with van der Waals surface area (Å²) in [4.78, 5) is 35.4. The van der Waals surface area contributed by atoms with Gasteiger partial charge < -0.3 is 0 Å². The Morgan fingerprint density at radius 1 is 0.750 bits per heavy atom. The van der Waals surface area contributed by atoms with Gasteiger partial charge in [-0.25, -0.2) is 9.97 Å². The largest absolute Gasteiger partial charge is 0.294 e. The number of aromatic nitrogens is 4. The average Bonchev–Trinajstić information content (AvgIpc) is 3.36. The fourth-order valence-electron chi connectivity index (χ4n) is 3.23. The van der Waals surface area contributed by atoms with E-state index in [0.717, 1.165) is 20.8 Å². The summed E-state index contributed by atoms with van der Waals surface area (Å²) in [5.41, 5.74) is 1.88. The van der Waals surface area contributed by atoms with Crippen molar-refractivity contribution in [2.24, 2.45) is 0 Å². The van der Waals surface area contributed by atoms with Gasteiger partial charge in [0.25, 0.3) is 11.1 Å². The van der Waals surface area contributed by atoms with Crippen molar-refractivity contribution in [3.05, 3.63) is 91.6 Å². The Morgan fingerprint density at radius 3 is 1.75 bits per heavy atom. The summed E-state index contributed by atoms with van der Waals surface area (Å²) in [6, 6.07) is 11.5. The van der Waals surface area contributed by atoms with Crippen LogP contribution in [0.4, 0.5) is 0 Å². The molecule has 0 fully saturated rings. The Bertz CT molecular complexity index is 1320. The molecule has 5 rings (SSSR count). The van der Waals surface area contributed by atoms with Crippen LogP contribution >= 0.6 is 22.7 Å². The highest BCUT2D eigenvalue weighted by Gasteiger charge is 2.08. The predicted molar refractivity (Wildman–Crippen MR) is 112 cm³/mol. The molecule has 0 aliphatic carbocycles. The first-order chi connectivity index (χ1) is 13.7. The van der Waals surface area contributed by atoms with Gasteiger partial charge in [-0.05, 0) is 34.0 Å². The minimum atomic E-state index is -0.0417. The zero-order valence-corrected chi connectivity index (χ0v) is 16.2. The number of rotatable bonds is 4. The third-order valence-corrected chi connectivity index (χ3v) is 6.24. The summed E-state index contributed by atoms with van der Waals surface area (Å²) in [6.45, 7) is 0.865. The van der Waals surface area contributed by atoms with Gasteiger partial charge in [-0.3, -0.25) is 18.7 Å². The van der Waals surface area contributed by atoms with Crippen LogP contribution in [0.3, 0.4) is 0 Å². The van der Waals surface area contributed by atoms with Crippen molar-refractivity contribution in [1.82, 2.24) is 19.1 Å². The molecule has 0 aliphatic rings. The first-order valence-corrected chi connectivity index (χ1v) is 10.4. The van der Waals surface area contributed by atoms with E-state index in [4.69, 9.17) is 0 Å². The van der Waals surface area contributed by atoms with Gasteiger partial charge in [0.2, 0.25) is 0 Å². The second kappa shape index (κ2) is 6.81. The molecule has 0 radical (unpaired) electrons. The molecule has 6 nitrogen and oxygen atoms in total. The number of nitrogens with zero attached hydrogens (tertiary/aromatic N) is 4. The second-order valence-corrected chi connectivity index (χ2v) is 8.24. The lowest BCUT2D eigenvalue weighted by molar-refractivity contribution is 0.733. The number of hydrogen-bond donors (Lipinski definition) is 0. The van der Waals surface area contributed by atoms with Crippen molar-refractivity contribution in [3.8, 4) is 0 Å². The maximum absolute atomic E-state index is 12.6. The van der Waals surface area contributed by atoms with Crippen LogP contribution in [0.15, 0.2) is 69.4 Å². The summed E-state index contributed by atoms with van der Waals surface area (Å²) in [7, 11) is 0. The lowest BCUT2D eigenvalue weighted by atomic mass is 10.1. The van der Waals surface area contributed by atoms with Crippen LogP contribution in [-0.4, -0.2) is 19.1 Å². The van der Waals surface area contributed by atoms with E-state index >= 15 is 0 Å². The van der Waals surface area contributed by atoms with Crippen molar-refractivity contribution in [2.45, 2.75) is 13.1 Å². The van der Waals surface area contributed by atoms with Gasteiger partial charge in [0.15, 0.2) is 0 Å². The standard InChI is InChI=1S/C20H14N4O2S2/c25-19-15-4-6-27-17(15)21-11-23(19)9-13-2-1-3-14(8-13)10-24-12-22-18-16(20(24)26)5-7-28-18/h1-8,11-12H,9-10H2. The maximum Gasteiger partial charge on any atom is 0.262 e. The van der Waals surface area contributed by atoms with Crippen LogP contribution in [0.25, 0.3) is 20.4 Å². The Balaban J connectivity index is 1.45. The van der Waals surface area contributed by atoms with E-state index < -0.39 is 0 Å². The first kappa shape index (κ1) is 17.0. The van der Waals surface area contributed by atoms with E-state index in [-0.39, 0.29) is 11.1 Å². The summed E-state index contributed by atoms with van der Waals surface area (Å²) in [6.07, 6.45) is 3.18. The van der Waals surface area contributed by atoms with Crippen molar-refractivity contribution < 1.29 is 0 Å². The molecule has 1 aromatic carbocycles. The number of thiophene rings is 2. The molecular formula is C20H14N4O2S2. The second-order valence-electron chi connectivity index (χ2n) is 6.45. The molecule has 4 aromatic heterocycles. The molecule has 138 valence electrons. The predicted octanol–water partition coefficient (Wildman–Crippen LogP) is 3.33. The molecule has 0 bridgehead atoms. The molecule has 0 aliphatic heterocycles. The monoisotopic (exact) mass is 406 g/mol. The van der Waals surface area contributed by atoms with Crippen molar-refractivity contribution in [3.63, 3.8) is 0 Å². The van der Waals surface area contributed by atoms with Crippen LogP contribution in [-0.2, 0) is 13.1 Å². The fraction of sp³-hybridized carbons (Fsp3) is 0.100. The van der Waals surface area contributed by atoms with Crippen LogP contribution in [0, 0.1) is 0 Å². The number of fused-ring (bicyclic) bond motifs is 2. The SMILES string of the molecule is O=c1c2ccsc2ncn1Cc1cccc(Cn2cnc3sccc3c2=O)c1. The van der Waals surface area contributed by atoms with Gasteiger partial charge in [-0.15, -0.1) is 22.7 Å². The molecular weight excluding hydrogens is 392 g/mol. The highest BCUT2D eigenvalue weighted by molar-refractivity contribution is 7.17. The Labute approximate surface area is 167 Å². The van der Waals surface area contributed by atoms with Crippen LogP contribution in [0.2, 0.25) is 0 Å². The zero-order valence-electron chi connectivity index (χ0n) is 14.6. The highest BCUT2D eigenvalue weighted by atomic mass is 32.1. The molecule has 4 heterocycles. The van der Waals surface area contributed by atoms with E-state index in [1.165, 1.54) is 22.7 Å². The molecule has 0 atom stereocenters. The van der Waals surface area contributed by atoms with Crippen molar-refractivity contribution >= 4 is 43.1 Å². The Morgan fingerprint density at radius 2 is 1.25 bits per heavy atom. The van der Waals surface area contributed by atoms with Gasteiger partial charge >= 0.3 is 0 Å². The first-order valence-electron chi connectivity index (χ1n) is 8.62. The summed E-state index contributed by atoms with van der Waals surface area (Å²) in [5.74, 6) is 0. The van der Waals surface area contributed by atoms with Crippen LogP contribution in [0.5, 0.6) is 0 Å². The third kappa shape index (κ3) is 2.96. The van der Waals surface area contributed by atoms with Crippen molar-refractivity contribution in [1.29, 1.82) is 0 Å². The quantitative estimate of drug-likeness (QED) is 0.459. The summed E-state index contributed by atoms with van der Waals surface area (Å²) >= 11 is 2.92. The molecule has 5 aromatic rings. The van der Waals surface area contributed by atoms with E-state index in [2.05, 4.69) is 9.97 Å². The number of benzene rings is 1. The Hall–Kier alpha value is -3.10. The number of hydrogen-bond acceptors (Lipinski definition) is 6. The molecule has 0 saturated carbocycles. The summed E-state index contributed by atoms with van der Waals surface area (Å²) < 4.78 is 3.22. The molecule has 0 unspecified atom stereocenters.